The van der Waals surface area contributed by atoms with Gasteiger partial charge in [-0.25, -0.2) is 0 Å². The van der Waals surface area contributed by atoms with Crippen LogP contribution in [0.3, 0.4) is 0 Å². The first-order chi connectivity index (χ1) is 9.91. The second kappa shape index (κ2) is 5.08. The maximum Gasteiger partial charge on any atom is 0.137 e. The van der Waals surface area contributed by atoms with Gasteiger partial charge in [-0.3, -0.25) is 0 Å². The molecule has 1 aliphatic carbocycles. The van der Waals surface area contributed by atoms with Crippen molar-refractivity contribution in [2.45, 2.75) is 32.7 Å². The number of ether oxygens (including phenoxy) is 1. The predicted molar refractivity (Wildman–Crippen MR) is 86.4 cm³/mol. The van der Waals surface area contributed by atoms with Crippen molar-refractivity contribution >= 4 is 11.6 Å². The average Bonchev–Trinajstić information content (AvgIpc) is 2.81. The Kier molecular flexibility index (Phi) is 3.50. The lowest BCUT2D eigenvalue weighted by Gasteiger charge is -2.34. The molecule has 4 heteroatoms. The highest BCUT2D eigenvalue weighted by Crippen LogP contribution is 2.41. The highest BCUT2D eigenvalue weighted by molar-refractivity contribution is 6.32. The van der Waals surface area contributed by atoms with E-state index in [2.05, 4.69) is 30.7 Å². The van der Waals surface area contributed by atoms with Crippen LogP contribution in [-0.4, -0.2) is 11.7 Å². The summed E-state index contributed by atoms with van der Waals surface area (Å²) in [4.78, 5) is 0. The van der Waals surface area contributed by atoms with E-state index in [0.29, 0.717) is 10.8 Å². The third-order valence-electron chi connectivity index (χ3n) is 4.26. The number of hydrogen-bond donors (Lipinski definition) is 1. The molecule has 0 saturated heterocycles. The first-order valence-corrected chi connectivity index (χ1v) is 7.59. The van der Waals surface area contributed by atoms with Crippen molar-refractivity contribution in [3.63, 3.8) is 0 Å². The van der Waals surface area contributed by atoms with E-state index in [-0.39, 0.29) is 11.5 Å². The van der Waals surface area contributed by atoms with Crippen LogP contribution in [0.1, 0.15) is 37.6 Å². The van der Waals surface area contributed by atoms with E-state index in [0.717, 1.165) is 18.5 Å². The van der Waals surface area contributed by atoms with Gasteiger partial charge < -0.3 is 15.0 Å². The molecule has 1 aromatic heterocycles. The number of nitrogens with two attached hydrogens (primary N) is 1. The van der Waals surface area contributed by atoms with Crippen LogP contribution in [0.5, 0.6) is 5.75 Å². The lowest BCUT2D eigenvalue weighted by Crippen LogP contribution is -2.30. The molecule has 0 saturated carbocycles. The van der Waals surface area contributed by atoms with Crippen LogP contribution in [0, 0.1) is 5.41 Å². The van der Waals surface area contributed by atoms with Gasteiger partial charge in [0.15, 0.2) is 0 Å². The lowest BCUT2D eigenvalue weighted by atomic mass is 9.74. The molecule has 21 heavy (non-hydrogen) atoms. The molecule has 3 rings (SSSR count). The normalized spacial score (nSPS) is 20.1. The minimum absolute atomic E-state index is 0.110. The molecule has 1 aliphatic rings. The fourth-order valence-electron chi connectivity index (χ4n) is 3.28. The summed E-state index contributed by atoms with van der Waals surface area (Å²) >= 11 is 6.25. The van der Waals surface area contributed by atoms with E-state index < -0.39 is 0 Å². The fraction of sp³-hybridized carbons (Fsp3) is 0.412. The minimum Gasteiger partial charge on any atom is -0.495 e. The molecule has 3 nitrogen and oxygen atoms in total. The molecule has 0 spiro atoms. The first-order valence-electron chi connectivity index (χ1n) is 7.21. The van der Waals surface area contributed by atoms with Gasteiger partial charge in [0.2, 0.25) is 0 Å². The first kappa shape index (κ1) is 14.5. The third-order valence-corrected chi connectivity index (χ3v) is 4.55. The van der Waals surface area contributed by atoms with Gasteiger partial charge in [-0.1, -0.05) is 25.4 Å². The van der Waals surface area contributed by atoms with Crippen molar-refractivity contribution in [2.24, 2.45) is 11.1 Å². The number of aromatic nitrogens is 1. The molecule has 0 aliphatic heterocycles. The Balaban J connectivity index is 2.07. The van der Waals surface area contributed by atoms with Gasteiger partial charge in [0, 0.05) is 23.6 Å². The van der Waals surface area contributed by atoms with Gasteiger partial charge in [-0.2, -0.15) is 0 Å². The molecule has 0 amide bonds. The van der Waals surface area contributed by atoms with Crippen molar-refractivity contribution in [3.05, 3.63) is 46.7 Å². The topological polar surface area (TPSA) is 40.2 Å². The van der Waals surface area contributed by atoms with Crippen molar-refractivity contribution in [2.75, 3.05) is 7.11 Å². The van der Waals surface area contributed by atoms with Crippen molar-refractivity contribution in [1.29, 1.82) is 0 Å². The number of halogens is 1. The molecule has 1 aromatic carbocycles. The van der Waals surface area contributed by atoms with Crippen LogP contribution in [0.25, 0.3) is 5.69 Å². The Labute approximate surface area is 130 Å². The van der Waals surface area contributed by atoms with Crippen LogP contribution in [0.15, 0.2) is 30.5 Å². The van der Waals surface area contributed by atoms with E-state index in [1.807, 2.05) is 18.2 Å². The largest absolute Gasteiger partial charge is 0.495 e. The molecule has 1 atom stereocenters. The van der Waals surface area contributed by atoms with Crippen LogP contribution in [-0.2, 0) is 6.42 Å². The Hall–Kier alpha value is -1.45. The second-order valence-corrected chi connectivity index (χ2v) is 6.97. The highest BCUT2D eigenvalue weighted by atomic mass is 35.5. The summed E-state index contributed by atoms with van der Waals surface area (Å²) in [5.41, 5.74) is 10.1. The van der Waals surface area contributed by atoms with E-state index in [1.165, 1.54) is 11.3 Å². The Morgan fingerprint density at radius 2 is 2.10 bits per heavy atom. The van der Waals surface area contributed by atoms with Crippen molar-refractivity contribution in [1.82, 2.24) is 4.57 Å². The third kappa shape index (κ3) is 2.56. The monoisotopic (exact) mass is 304 g/mol. The maximum atomic E-state index is 6.33. The number of rotatable bonds is 2. The number of nitrogens with zero attached hydrogens (tertiary/aromatic N) is 1. The Morgan fingerprint density at radius 1 is 1.33 bits per heavy atom. The summed E-state index contributed by atoms with van der Waals surface area (Å²) in [6.07, 6.45) is 4.13. The molecule has 112 valence electrons. The molecule has 2 N–H and O–H groups in total. The molecule has 0 fully saturated rings. The number of benzene rings is 1. The van der Waals surface area contributed by atoms with Crippen LogP contribution in [0.4, 0.5) is 0 Å². The molecular weight excluding hydrogens is 284 g/mol. The van der Waals surface area contributed by atoms with Gasteiger partial charge in [0.1, 0.15) is 5.75 Å². The van der Waals surface area contributed by atoms with Crippen molar-refractivity contribution in [3.8, 4) is 11.4 Å². The molecule has 1 heterocycles. The zero-order chi connectivity index (χ0) is 15.2. The van der Waals surface area contributed by atoms with Crippen LogP contribution >= 0.6 is 11.6 Å². The zero-order valence-electron chi connectivity index (χ0n) is 12.7. The maximum absolute atomic E-state index is 6.33. The minimum atomic E-state index is 0.110. The van der Waals surface area contributed by atoms with Crippen LogP contribution in [0.2, 0.25) is 5.02 Å². The Bertz CT molecular complexity index is 675. The molecule has 0 radical (unpaired) electrons. The number of fused-ring (bicyclic) bond motifs is 1. The summed E-state index contributed by atoms with van der Waals surface area (Å²) in [6, 6.07) is 8.11. The molecular formula is C17H21ClN2O. The lowest BCUT2D eigenvalue weighted by molar-refractivity contribution is 0.278. The van der Waals surface area contributed by atoms with Crippen molar-refractivity contribution < 1.29 is 4.74 Å². The standard InChI is InChI=1S/C17H21ClN2O/c1-17(2)9-14(19)12-6-7-20(15(12)10-17)11-4-5-16(21-3)13(18)8-11/h4-8,14H,9-10,19H2,1-3H3. The van der Waals surface area contributed by atoms with Gasteiger partial charge in [-0.05, 0) is 48.1 Å². The number of methoxy groups -OCH3 is 1. The molecule has 0 bridgehead atoms. The summed E-state index contributed by atoms with van der Waals surface area (Å²) < 4.78 is 7.41. The molecule has 1 unspecified atom stereocenters. The van der Waals surface area contributed by atoms with E-state index in [1.54, 1.807) is 7.11 Å². The highest BCUT2D eigenvalue weighted by Gasteiger charge is 2.32. The smallest absolute Gasteiger partial charge is 0.137 e. The van der Waals surface area contributed by atoms with E-state index >= 15 is 0 Å². The Morgan fingerprint density at radius 3 is 2.76 bits per heavy atom. The van der Waals surface area contributed by atoms with E-state index in [4.69, 9.17) is 22.1 Å². The summed E-state index contributed by atoms with van der Waals surface area (Å²) in [5.74, 6) is 0.693. The average molecular weight is 305 g/mol. The number of hydrogen-bond acceptors (Lipinski definition) is 2. The van der Waals surface area contributed by atoms with Gasteiger partial charge in [0.05, 0.1) is 12.1 Å². The van der Waals surface area contributed by atoms with Gasteiger partial charge in [0.25, 0.3) is 0 Å². The van der Waals surface area contributed by atoms with Crippen LogP contribution < -0.4 is 10.5 Å². The van der Waals surface area contributed by atoms with Gasteiger partial charge in [-0.15, -0.1) is 0 Å². The predicted octanol–water partition coefficient (Wildman–Crippen LogP) is 4.11. The quantitative estimate of drug-likeness (QED) is 0.907. The molecule has 2 aromatic rings. The van der Waals surface area contributed by atoms with Gasteiger partial charge >= 0.3 is 0 Å². The zero-order valence-corrected chi connectivity index (χ0v) is 13.4. The second-order valence-electron chi connectivity index (χ2n) is 6.56. The van der Waals surface area contributed by atoms with E-state index in [9.17, 15) is 0 Å². The fourth-order valence-corrected chi connectivity index (χ4v) is 3.53. The summed E-state index contributed by atoms with van der Waals surface area (Å²) in [7, 11) is 1.62. The summed E-state index contributed by atoms with van der Waals surface area (Å²) in [5, 5.41) is 0.622. The SMILES string of the molecule is COc1ccc(-n2ccc3c2CC(C)(C)CC3N)cc1Cl. The summed E-state index contributed by atoms with van der Waals surface area (Å²) in [6.45, 7) is 4.54.